The first-order valence-electron chi connectivity index (χ1n) is 8.61. The number of ether oxygens (including phenoxy) is 1. The number of benzene rings is 3. The number of rotatable bonds is 8. The van der Waals surface area contributed by atoms with Crippen LogP contribution in [0.2, 0.25) is 10.0 Å². The van der Waals surface area contributed by atoms with Crippen LogP contribution in [0.5, 0.6) is 5.75 Å². The Hall–Kier alpha value is -2.00. The summed E-state index contributed by atoms with van der Waals surface area (Å²) in [6, 6.07) is 24.0. The minimum absolute atomic E-state index is 0.354. The molecule has 0 aliphatic heterocycles. The zero-order chi connectivity index (χ0) is 18.2. The first-order valence-corrected chi connectivity index (χ1v) is 9.37. The summed E-state index contributed by atoms with van der Waals surface area (Å²) in [5, 5.41) is 4.71. The summed E-state index contributed by atoms with van der Waals surface area (Å²) in [4.78, 5) is 0. The highest BCUT2D eigenvalue weighted by Crippen LogP contribution is 2.25. The lowest BCUT2D eigenvalue weighted by Gasteiger charge is -2.10. The average Bonchev–Trinajstić information content (AvgIpc) is 2.67. The van der Waals surface area contributed by atoms with Crippen molar-refractivity contribution in [1.29, 1.82) is 0 Å². The summed E-state index contributed by atoms with van der Waals surface area (Å²) in [5.74, 6) is 0.800. The molecule has 0 unspecified atom stereocenters. The van der Waals surface area contributed by atoms with Gasteiger partial charge >= 0.3 is 0 Å². The van der Waals surface area contributed by atoms with E-state index in [1.54, 1.807) is 0 Å². The molecular weight excluding hydrogens is 365 g/mol. The van der Waals surface area contributed by atoms with Gasteiger partial charge in [0.1, 0.15) is 12.4 Å². The van der Waals surface area contributed by atoms with Gasteiger partial charge in [-0.05, 0) is 48.4 Å². The van der Waals surface area contributed by atoms with Crippen LogP contribution in [-0.4, -0.2) is 6.54 Å². The Morgan fingerprint density at radius 1 is 0.731 bits per heavy atom. The van der Waals surface area contributed by atoms with Crippen LogP contribution in [0.3, 0.4) is 0 Å². The van der Waals surface area contributed by atoms with Gasteiger partial charge in [-0.3, -0.25) is 0 Å². The number of halogens is 2. The molecule has 0 spiro atoms. The zero-order valence-corrected chi connectivity index (χ0v) is 15.9. The first kappa shape index (κ1) is 18.8. The van der Waals surface area contributed by atoms with Gasteiger partial charge in [-0.2, -0.15) is 0 Å². The van der Waals surface area contributed by atoms with Gasteiger partial charge < -0.3 is 10.1 Å². The van der Waals surface area contributed by atoms with Crippen LogP contribution in [0.25, 0.3) is 0 Å². The maximum absolute atomic E-state index is 6.16. The number of hydrogen-bond donors (Lipinski definition) is 1. The molecule has 3 aromatic carbocycles. The van der Waals surface area contributed by atoms with E-state index in [-0.39, 0.29) is 0 Å². The molecule has 0 aliphatic carbocycles. The van der Waals surface area contributed by atoms with Gasteiger partial charge in [0, 0.05) is 22.2 Å². The van der Waals surface area contributed by atoms with Gasteiger partial charge in [0.15, 0.2) is 0 Å². The molecule has 134 valence electrons. The van der Waals surface area contributed by atoms with Crippen molar-refractivity contribution in [3.8, 4) is 5.75 Å². The van der Waals surface area contributed by atoms with Crippen molar-refractivity contribution in [1.82, 2.24) is 5.32 Å². The molecule has 0 atom stereocenters. The molecule has 0 aromatic heterocycles. The third kappa shape index (κ3) is 5.50. The molecular formula is C22H21Cl2NO. The van der Waals surface area contributed by atoms with Crippen molar-refractivity contribution in [2.75, 3.05) is 6.54 Å². The third-order valence-corrected chi connectivity index (χ3v) is 4.84. The van der Waals surface area contributed by atoms with Crippen molar-refractivity contribution in [3.05, 3.63) is 99.5 Å². The van der Waals surface area contributed by atoms with Gasteiger partial charge in [0.2, 0.25) is 0 Å². The Morgan fingerprint density at radius 2 is 1.42 bits per heavy atom. The summed E-state index contributed by atoms with van der Waals surface area (Å²) in [6.45, 7) is 2.14. The van der Waals surface area contributed by atoms with Crippen LogP contribution in [0.1, 0.15) is 16.7 Å². The highest BCUT2D eigenvalue weighted by Gasteiger charge is 2.06. The standard InChI is InChI=1S/C22H21Cl2NO/c23-21-7-4-8-22(24)20(21)16-26-19-11-9-18(10-12-19)15-25-14-13-17-5-2-1-3-6-17/h1-12,25H,13-16H2. The smallest absolute Gasteiger partial charge is 0.119 e. The highest BCUT2D eigenvalue weighted by atomic mass is 35.5. The van der Waals surface area contributed by atoms with Gasteiger partial charge in [0.25, 0.3) is 0 Å². The second-order valence-corrected chi connectivity index (χ2v) is 6.86. The molecule has 0 saturated heterocycles. The molecule has 0 fully saturated rings. The Bertz CT molecular complexity index is 799. The van der Waals surface area contributed by atoms with Crippen molar-refractivity contribution in [2.45, 2.75) is 19.6 Å². The normalized spacial score (nSPS) is 10.7. The molecule has 3 aromatic rings. The number of nitrogens with one attached hydrogen (secondary N) is 1. The maximum Gasteiger partial charge on any atom is 0.119 e. The first-order chi connectivity index (χ1) is 12.7. The minimum atomic E-state index is 0.354. The second-order valence-electron chi connectivity index (χ2n) is 6.05. The number of hydrogen-bond acceptors (Lipinski definition) is 2. The Labute approximate surface area is 164 Å². The average molecular weight is 386 g/mol. The lowest BCUT2D eigenvalue weighted by atomic mass is 10.1. The van der Waals surface area contributed by atoms with Crippen LogP contribution in [-0.2, 0) is 19.6 Å². The van der Waals surface area contributed by atoms with Gasteiger partial charge in [0.05, 0.1) is 0 Å². The monoisotopic (exact) mass is 385 g/mol. The lowest BCUT2D eigenvalue weighted by Crippen LogP contribution is -2.16. The summed E-state index contributed by atoms with van der Waals surface area (Å²) >= 11 is 12.3. The summed E-state index contributed by atoms with van der Waals surface area (Å²) in [6.07, 6.45) is 1.03. The van der Waals surface area contributed by atoms with Crippen LogP contribution in [0.15, 0.2) is 72.8 Å². The van der Waals surface area contributed by atoms with Crippen LogP contribution >= 0.6 is 23.2 Å². The fraction of sp³-hybridized carbons (Fsp3) is 0.182. The predicted molar refractivity (Wildman–Crippen MR) is 109 cm³/mol. The van der Waals surface area contributed by atoms with E-state index in [1.807, 2.05) is 36.4 Å². The molecule has 26 heavy (non-hydrogen) atoms. The van der Waals surface area contributed by atoms with Gasteiger partial charge in [-0.15, -0.1) is 0 Å². The van der Waals surface area contributed by atoms with Crippen molar-refractivity contribution < 1.29 is 4.74 Å². The van der Waals surface area contributed by atoms with Crippen molar-refractivity contribution in [2.24, 2.45) is 0 Å². The molecule has 4 heteroatoms. The topological polar surface area (TPSA) is 21.3 Å². The van der Waals surface area contributed by atoms with E-state index >= 15 is 0 Å². The largest absolute Gasteiger partial charge is 0.489 e. The fourth-order valence-electron chi connectivity index (χ4n) is 2.64. The third-order valence-electron chi connectivity index (χ3n) is 4.13. The molecule has 3 rings (SSSR count). The zero-order valence-electron chi connectivity index (χ0n) is 14.4. The van der Waals surface area contributed by atoms with E-state index in [4.69, 9.17) is 27.9 Å². The Morgan fingerprint density at radius 3 is 2.12 bits per heavy atom. The Balaban J connectivity index is 1.44. The quantitative estimate of drug-likeness (QED) is 0.487. The molecule has 0 saturated carbocycles. The van der Waals surface area contributed by atoms with Gasteiger partial charge in [-0.1, -0.05) is 71.7 Å². The molecule has 2 nitrogen and oxygen atoms in total. The molecule has 0 heterocycles. The van der Waals surface area contributed by atoms with E-state index in [0.29, 0.717) is 16.7 Å². The van der Waals surface area contributed by atoms with E-state index in [0.717, 1.165) is 30.8 Å². The minimum Gasteiger partial charge on any atom is -0.489 e. The maximum atomic E-state index is 6.16. The van der Waals surface area contributed by atoms with Gasteiger partial charge in [-0.25, -0.2) is 0 Å². The molecule has 0 aliphatic rings. The summed E-state index contributed by atoms with van der Waals surface area (Å²) < 4.78 is 5.80. The van der Waals surface area contributed by atoms with Crippen LogP contribution < -0.4 is 10.1 Å². The molecule has 1 N–H and O–H groups in total. The Kier molecular flexibility index (Phi) is 6.96. The van der Waals surface area contributed by atoms with Crippen molar-refractivity contribution in [3.63, 3.8) is 0 Å². The molecule has 0 amide bonds. The van der Waals surface area contributed by atoms with E-state index in [9.17, 15) is 0 Å². The fourth-order valence-corrected chi connectivity index (χ4v) is 3.15. The second kappa shape index (κ2) is 9.63. The van der Waals surface area contributed by atoms with Crippen molar-refractivity contribution >= 4 is 23.2 Å². The molecule has 0 bridgehead atoms. The van der Waals surface area contributed by atoms with E-state index in [1.165, 1.54) is 11.1 Å². The van der Waals surface area contributed by atoms with E-state index in [2.05, 4.69) is 41.7 Å². The summed E-state index contributed by atoms with van der Waals surface area (Å²) in [7, 11) is 0. The highest BCUT2D eigenvalue weighted by molar-refractivity contribution is 6.35. The van der Waals surface area contributed by atoms with Crippen LogP contribution in [0, 0.1) is 0 Å². The van der Waals surface area contributed by atoms with Crippen LogP contribution in [0.4, 0.5) is 0 Å². The predicted octanol–water partition coefficient (Wildman–Crippen LogP) is 5.90. The lowest BCUT2D eigenvalue weighted by molar-refractivity contribution is 0.306. The van der Waals surface area contributed by atoms with E-state index < -0.39 is 0 Å². The molecule has 0 radical (unpaired) electrons. The summed E-state index contributed by atoms with van der Waals surface area (Å²) in [5.41, 5.74) is 3.38. The SMILES string of the molecule is Clc1cccc(Cl)c1COc1ccc(CNCCc2ccccc2)cc1.